The monoisotopic (exact) mass is 286 g/mol. The van der Waals surface area contributed by atoms with Crippen molar-refractivity contribution in [1.29, 1.82) is 0 Å². The second-order valence-electron chi connectivity index (χ2n) is 4.25. The van der Waals surface area contributed by atoms with E-state index in [9.17, 15) is 4.79 Å². The van der Waals surface area contributed by atoms with Crippen molar-refractivity contribution in [3.63, 3.8) is 0 Å². The van der Waals surface area contributed by atoms with E-state index in [0.717, 1.165) is 13.1 Å². The molecule has 5 heteroatoms. The van der Waals surface area contributed by atoms with Crippen LogP contribution in [-0.2, 0) is 6.54 Å². The zero-order chi connectivity index (χ0) is 13.2. The number of thioether (sulfide) groups is 1. The Labute approximate surface area is 118 Å². The first-order valence-electron chi connectivity index (χ1n) is 6.31. The van der Waals surface area contributed by atoms with Crippen molar-refractivity contribution in [2.45, 2.75) is 32.2 Å². The molecule has 102 valence electrons. The third kappa shape index (κ3) is 6.42. The molecule has 0 saturated heterocycles. The van der Waals surface area contributed by atoms with Crippen LogP contribution in [0, 0.1) is 0 Å². The van der Waals surface area contributed by atoms with Crippen molar-refractivity contribution in [1.82, 2.24) is 5.32 Å². The first-order valence-corrected chi connectivity index (χ1v) is 8.58. The van der Waals surface area contributed by atoms with Crippen molar-refractivity contribution in [2.24, 2.45) is 5.73 Å². The Bertz CT molecular complexity index is 353. The third-order valence-electron chi connectivity index (χ3n) is 2.69. The largest absolute Gasteiger partial charge is 0.366 e. The summed E-state index contributed by atoms with van der Waals surface area (Å²) in [6.45, 7) is 1.88. The fraction of sp³-hybridized carbons (Fsp3) is 0.615. The van der Waals surface area contributed by atoms with Crippen molar-refractivity contribution in [3.05, 3.63) is 21.9 Å². The molecule has 18 heavy (non-hydrogen) atoms. The minimum Gasteiger partial charge on any atom is -0.366 e. The van der Waals surface area contributed by atoms with Crippen LogP contribution in [0.1, 0.15) is 40.9 Å². The Kier molecular flexibility index (Phi) is 8.13. The summed E-state index contributed by atoms with van der Waals surface area (Å²) in [4.78, 5) is 12.1. The van der Waals surface area contributed by atoms with E-state index in [2.05, 4.69) is 11.6 Å². The minimum absolute atomic E-state index is 0.341. The van der Waals surface area contributed by atoms with Crippen LogP contribution in [0.2, 0.25) is 0 Å². The Morgan fingerprint density at radius 3 is 2.83 bits per heavy atom. The lowest BCUT2D eigenvalue weighted by Crippen LogP contribution is -2.14. The van der Waals surface area contributed by atoms with Gasteiger partial charge < -0.3 is 11.1 Å². The van der Waals surface area contributed by atoms with E-state index in [0.29, 0.717) is 5.56 Å². The molecule has 0 spiro atoms. The fourth-order valence-corrected chi connectivity index (χ4v) is 3.00. The molecule has 0 aliphatic carbocycles. The molecule has 0 aliphatic heterocycles. The molecule has 1 rings (SSSR count). The number of nitrogens with one attached hydrogen (secondary N) is 1. The molecular formula is C13H22N2OS2. The summed E-state index contributed by atoms with van der Waals surface area (Å²) in [6.07, 6.45) is 7.33. The molecule has 0 unspecified atom stereocenters. The first kappa shape index (κ1) is 15.5. The fourth-order valence-electron chi connectivity index (χ4n) is 1.66. The standard InChI is InChI=1S/C13H22N2OS2/c1-17-7-5-3-2-4-6-15-9-12-8-11(10-18-12)13(14)16/h8,10,15H,2-7,9H2,1H3,(H2,14,16). The number of carbonyl (C=O) groups excluding carboxylic acids is 1. The van der Waals surface area contributed by atoms with Crippen LogP contribution >= 0.6 is 23.1 Å². The number of hydrogen-bond acceptors (Lipinski definition) is 4. The smallest absolute Gasteiger partial charge is 0.249 e. The maximum Gasteiger partial charge on any atom is 0.249 e. The van der Waals surface area contributed by atoms with E-state index in [1.165, 1.54) is 36.3 Å². The summed E-state index contributed by atoms with van der Waals surface area (Å²) < 4.78 is 0. The lowest BCUT2D eigenvalue weighted by Gasteiger charge is -2.03. The van der Waals surface area contributed by atoms with E-state index in [1.807, 2.05) is 23.2 Å². The number of primary amides is 1. The Morgan fingerprint density at radius 1 is 1.39 bits per heavy atom. The molecular weight excluding hydrogens is 264 g/mol. The predicted molar refractivity (Wildman–Crippen MR) is 81.4 cm³/mol. The van der Waals surface area contributed by atoms with Crippen molar-refractivity contribution in [2.75, 3.05) is 18.6 Å². The van der Waals surface area contributed by atoms with Gasteiger partial charge in [-0.1, -0.05) is 12.8 Å². The Morgan fingerprint density at radius 2 is 2.17 bits per heavy atom. The molecule has 1 amide bonds. The highest BCUT2D eigenvalue weighted by atomic mass is 32.2. The normalized spacial score (nSPS) is 10.7. The highest BCUT2D eigenvalue weighted by Crippen LogP contribution is 2.13. The van der Waals surface area contributed by atoms with Gasteiger partial charge in [0.2, 0.25) is 5.91 Å². The van der Waals surface area contributed by atoms with Gasteiger partial charge in [0.05, 0.1) is 5.56 Å². The summed E-state index contributed by atoms with van der Waals surface area (Å²) in [5, 5.41) is 5.22. The van der Waals surface area contributed by atoms with Crippen molar-refractivity contribution in [3.8, 4) is 0 Å². The minimum atomic E-state index is -0.341. The molecule has 0 aromatic carbocycles. The number of amides is 1. The predicted octanol–water partition coefficient (Wildman–Crippen LogP) is 2.86. The average molecular weight is 286 g/mol. The Hall–Kier alpha value is -0.520. The summed E-state index contributed by atoms with van der Waals surface area (Å²) in [5.41, 5.74) is 5.83. The topological polar surface area (TPSA) is 55.1 Å². The number of unbranched alkanes of at least 4 members (excludes halogenated alkanes) is 3. The zero-order valence-corrected chi connectivity index (χ0v) is 12.5. The summed E-state index contributed by atoms with van der Waals surface area (Å²) >= 11 is 3.51. The SMILES string of the molecule is CSCCCCCCNCc1cc(C(N)=O)cs1. The van der Waals surface area contributed by atoms with Crippen LogP contribution < -0.4 is 11.1 Å². The van der Waals surface area contributed by atoms with Gasteiger partial charge >= 0.3 is 0 Å². The molecule has 0 fully saturated rings. The number of rotatable bonds is 10. The van der Waals surface area contributed by atoms with Crippen molar-refractivity contribution >= 4 is 29.0 Å². The van der Waals surface area contributed by atoms with Crippen LogP contribution in [0.25, 0.3) is 0 Å². The number of thiophene rings is 1. The number of hydrogen-bond donors (Lipinski definition) is 2. The third-order valence-corrected chi connectivity index (χ3v) is 4.32. The van der Waals surface area contributed by atoms with Crippen LogP contribution in [0.3, 0.4) is 0 Å². The maximum atomic E-state index is 10.9. The quantitative estimate of drug-likeness (QED) is 0.650. The molecule has 3 N–H and O–H groups in total. The van der Waals surface area contributed by atoms with E-state index >= 15 is 0 Å². The molecule has 0 aliphatic rings. The van der Waals surface area contributed by atoms with E-state index in [-0.39, 0.29) is 5.91 Å². The summed E-state index contributed by atoms with van der Waals surface area (Å²) in [7, 11) is 0. The Balaban J connectivity index is 2.02. The highest BCUT2D eigenvalue weighted by molar-refractivity contribution is 7.98. The zero-order valence-electron chi connectivity index (χ0n) is 10.9. The molecule has 3 nitrogen and oxygen atoms in total. The van der Waals surface area contributed by atoms with E-state index in [4.69, 9.17) is 5.73 Å². The van der Waals surface area contributed by atoms with Gasteiger partial charge in [0, 0.05) is 16.8 Å². The van der Waals surface area contributed by atoms with Gasteiger partial charge in [-0.15, -0.1) is 11.3 Å². The van der Waals surface area contributed by atoms with Gasteiger partial charge in [-0.25, -0.2) is 0 Å². The lowest BCUT2D eigenvalue weighted by molar-refractivity contribution is 0.100. The molecule has 0 radical (unpaired) electrons. The van der Waals surface area contributed by atoms with Crippen molar-refractivity contribution < 1.29 is 4.79 Å². The van der Waals surface area contributed by atoms with Gasteiger partial charge in [-0.3, -0.25) is 4.79 Å². The molecule has 0 bridgehead atoms. The van der Waals surface area contributed by atoms with Crippen LogP contribution in [0.15, 0.2) is 11.4 Å². The average Bonchev–Trinajstić information content (AvgIpc) is 2.81. The van der Waals surface area contributed by atoms with Gasteiger partial charge in [0.1, 0.15) is 0 Å². The number of carbonyl (C=O) groups is 1. The van der Waals surface area contributed by atoms with Crippen LogP contribution in [0.5, 0.6) is 0 Å². The van der Waals surface area contributed by atoms with Gasteiger partial charge in [-0.05, 0) is 37.5 Å². The summed E-state index contributed by atoms with van der Waals surface area (Å²) in [6, 6.07) is 1.87. The molecule has 1 heterocycles. The lowest BCUT2D eigenvalue weighted by atomic mass is 10.2. The van der Waals surface area contributed by atoms with Gasteiger partial charge in [0.25, 0.3) is 0 Å². The second kappa shape index (κ2) is 9.42. The van der Waals surface area contributed by atoms with E-state index in [1.54, 1.807) is 11.3 Å². The molecule has 1 aromatic heterocycles. The van der Waals surface area contributed by atoms with Crippen LogP contribution in [0.4, 0.5) is 0 Å². The number of nitrogens with two attached hydrogens (primary N) is 1. The van der Waals surface area contributed by atoms with E-state index < -0.39 is 0 Å². The highest BCUT2D eigenvalue weighted by Gasteiger charge is 2.03. The first-order chi connectivity index (χ1) is 8.74. The molecule has 0 atom stereocenters. The van der Waals surface area contributed by atoms with Crippen LogP contribution in [-0.4, -0.2) is 24.5 Å². The van der Waals surface area contributed by atoms with Gasteiger partial charge in [0.15, 0.2) is 0 Å². The molecule has 1 aromatic rings. The summed E-state index contributed by atoms with van der Waals surface area (Å²) in [5.74, 6) is 0.935. The second-order valence-corrected chi connectivity index (χ2v) is 6.23. The van der Waals surface area contributed by atoms with Gasteiger partial charge in [-0.2, -0.15) is 11.8 Å². The molecule has 0 saturated carbocycles. The maximum absolute atomic E-state index is 10.9.